The Morgan fingerprint density at radius 1 is 1.00 bits per heavy atom. The highest BCUT2D eigenvalue weighted by molar-refractivity contribution is 6.01. The second-order valence-corrected chi connectivity index (χ2v) is 13.2. The molecule has 3 atom stereocenters. The zero-order valence-corrected chi connectivity index (χ0v) is 24.9. The number of benzene rings is 2. The van der Waals surface area contributed by atoms with Crippen LogP contribution in [0.1, 0.15) is 86.0 Å². The maximum absolute atomic E-state index is 14.0. The number of rotatable bonds is 9. The number of aromatic nitrogens is 2. The molecule has 0 radical (unpaired) electrons. The molecule has 0 aliphatic heterocycles. The van der Waals surface area contributed by atoms with Gasteiger partial charge in [-0.25, -0.2) is 0 Å². The van der Waals surface area contributed by atoms with Crippen molar-refractivity contribution in [2.75, 3.05) is 5.32 Å². The number of anilines is 1. The molecule has 6 rings (SSSR count). The number of nitrogens with one attached hydrogen (secondary N) is 3. The monoisotopic (exact) mass is 567 g/mol. The first-order valence-corrected chi connectivity index (χ1v) is 15.2. The highest BCUT2D eigenvalue weighted by Gasteiger charge is 2.58. The molecule has 2 aromatic carbocycles. The third-order valence-electron chi connectivity index (χ3n) is 10.1. The Hall–Kier alpha value is -3.94. The van der Waals surface area contributed by atoms with Gasteiger partial charge in [-0.05, 0) is 99.1 Å². The number of amides is 3. The standard InChI is InChI=1S/C34H41N5O3/c1-21(22-9-7-10-22)36-32(42)33(2,3)24-12-14-25(15-13-24)37-31(41)29(38-30(40)27-16-19-35-39(27)4)28-26-11-6-5-8-23(26)20-34(28)17-18-34/h5-6,8,11-16,19,21-22,28-29H,7,9-10,17-18,20H2,1-4H3,(H,36,42)(H,37,41)(H,38,40)/t21-,28?,29-/m0/s1. The molecule has 3 aliphatic rings. The summed E-state index contributed by atoms with van der Waals surface area (Å²) < 4.78 is 1.52. The summed E-state index contributed by atoms with van der Waals surface area (Å²) in [6, 6.07) is 16.8. The van der Waals surface area contributed by atoms with Crippen LogP contribution >= 0.6 is 0 Å². The van der Waals surface area contributed by atoms with E-state index in [1.54, 1.807) is 19.3 Å². The fourth-order valence-electron chi connectivity index (χ4n) is 6.88. The van der Waals surface area contributed by atoms with Crippen molar-refractivity contribution in [2.24, 2.45) is 18.4 Å². The highest BCUT2D eigenvalue weighted by Crippen LogP contribution is 2.64. The van der Waals surface area contributed by atoms with Crippen molar-refractivity contribution in [3.8, 4) is 0 Å². The lowest BCUT2D eigenvalue weighted by molar-refractivity contribution is -0.127. The van der Waals surface area contributed by atoms with Crippen LogP contribution < -0.4 is 16.0 Å². The number of carbonyl (C=O) groups is 3. The quantitative estimate of drug-likeness (QED) is 0.344. The van der Waals surface area contributed by atoms with E-state index >= 15 is 0 Å². The zero-order valence-electron chi connectivity index (χ0n) is 24.9. The Balaban J connectivity index is 1.22. The van der Waals surface area contributed by atoms with E-state index in [9.17, 15) is 14.4 Å². The average Bonchev–Trinajstić information content (AvgIpc) is 3.43. The van der Waals surface area contributed by atoms with E-state index in [2.05, 4.69) is 40.1 Å². The minimum Gasteiger partial charge on any atom is -0.353 e. The summed E-state index contributed by atoms with van der Waals surface area (Å²) >= 11 is 0. The van der Waals surface area contributed by atoms with E-state index in [1.165, 1.54) is 29.5 Å². The van der Waals surface area contributed by atoms with Crippen LogP contribution in [-0.4, -0.2) is 39.6 Å². The summed E-state index contributed by atoms with van der Waals surface area (Å²) in [6.07, 6.45) is 8.15. The van der Waals surface area contributed by atoms with Gasteiger partial charge in [0.2, 0.25) is 11.8 Å². The van der Waals surface area contributed by atoms with Gasteiger partial charge in [0.15, 0.2) is 0 Å². The van der Waals surface area contributed by atoms with Gasteiger partial charge in [-0.1, -0.05) is 42.8 Å². The third-order valence-corrected chi connectivity index (χ3v) is 10.1. The summed E-state index contributed by atoms with van der Waals surface area (Å²) in [6.45, 7) is 5.95. The van der Waals surface area contributed by atoms with Crippen molar-refractivity contribution in [1.82, 2.24) is 20.4 Å². The van der Waals surface area contributed by atoms with Crippen molar-refractivity contribution in [1.29, 1.82) is 0 Å². The molecule has 1 aromatic heterocycles. The molecule has 3 aromatic rings. The first-order valence-electron chi connectivity index (χ1n) is 15.2. The van der Waals surface area contributed by atoms with Crippen LogP contribution in [-0.2, 0) is 28.5 Å². The van der Waals surface area contributed by atoms with Crippen molar-refractivity contribution < 1.29 is 14.4 Å². The number of aryl methyl sites for hydroxylation is 1. The van der Waals surface area contributed by atoms with Crippen molar-refractivity contribution in [2.45, 2.75) is 82.7 Å². The summed E-state index contributed by atoms with van der Waals surface area (Å²) in [5.74, 6) is -0.126. The molecule has 1 spiro atoms. The van der Waals surface area contributed by atoms with E-state index in [-0.39, 0.29) is 35.1 Å². The molecule has 3 amide bonds. The zero-order chi connectivity index (χ0) is 29.6. The molecule has 0 bridgehead atoms. The van der Waals surface area contributed by atoms with Crippen molar-refractivity contribution in [3.05, 3.63) is 83.2 Å². The Bertz CT molecular complexity index is 1500. The number of hydrogen-bond acceptors (Lipinski definition) is 4. The van der Waals surface area contributed by atoms with Gasteiger partial charge < -0.3 is 16.0 Å². The lowest BCUT2D eigenvalue weighted by atomic mass is 9.79. The molecule has 0 saturated heterocycles. The van der Waals surface area contributed by atoms with Gasteiger partial charge in [-0.15, -0.1) is 0 Å². The fourth-order valence-corrected chi connectivity index (χ4v) is 6.88. The highest BCUT2D eigenvalue weighted by atomic mass is 16.2. The summed E-state index contributed by atoms with van der Waals surface area (Å²) in [5.41, 5.74) is 3.57. The van der Waals surface area contributed by atoms with E-state index < -0.39 is 11.5 Å². The Labute approximate surface area is 247 Å². The molecule has 1 heterocycles. The molecule has 3 aliphatic carbocycles. The number of fused-ring (bicyclic) bond motifs is 1. The molecule has 220 valence electrons. The second kappa shape index (κ2) is 10.7. The maximum atomic E-state index is 14.0. The van der Waals surface area contributed by atoms with Crippen LogP contribution in [0.25, 0.3) is 0 Å². The van der Waals surface area contributed by atoms with E-state index in [4.69, 9.17) is 0 Å². The van der Waals surface area contributed by atoms with Gasteiger partial charge in [0.05, 0.1) is 5.41 Å². The van der Waals surface area contributed by atoms with Crippen molar-refractivity contribution in [3.63, 3.8) is 0 Å². The molecular formula is C34H41N5O3. The van der Waals surface area contributed by atoms with Gasteiger partial charge >= 0.3 is 0 Å². The number of hydrogen-bond donors (Lipinski definition) is 3. The van der Waals surface area contributed by atoms with E-state index in [0.29, 0.717) is 17.3 Å². The van der Waals surface area contributed by atoms with Gasteiger partial charge in [0.1, 0.15) is 11.7 Å². The SMILES string of the molecule is C[C@H](NC(=O)C(C)(C)c1ccc(NC(=O)[C@@H](NC(=O)c2ccnn2C)C2c3ccccc3CC23CC3)cc1)C1CCC1. The van der Waals surface area contributed by atoms with Crippen LogP contribution in [0.5, 0.6) is 0 Å². The van der Waals surface area contributed by atoms with E-state index in [0.717, 1.165) is 30.4 Å². The molecule has 42 heavy (non-hydrogen) atoms. The summed E-state index contributed by atoms with van der Waals surface area (Å²) in [7, 11) is 1.72. The first-order chi connectivity index (χ1) is 20.1. The van der Waals surface area contributed by atoms with Crippen LogP contribution in [0.2, 0.25) is 0 Å². The van der Waals surface area contributed by atoms with Crippen molar-refractivity contribution >= 4 is 23.4 Å². The third kappa shape index (κ3) is 5.12. The smallest absolute Gasteiger partial charge is 0.270 e. The number of carbonyl (C=O) groups excluding carboxylic acids is 3. The first kappa shape index (κ1) is 28.2. The summed E-state index contributed by atoms with van der Waals surface area (Å²) in [5, 5.41) is 13.5. The second-order valence-electron chi connectivity index (χ2n) is 13.2. The normalized spacial score (nSPS) is 20.2. The number of nitrogens with zero attached hydrogens (tertiary/aromatic N) is 2. The Kier molecular flexibility index (Phi) is 7.19. The molecule has 2 fully saturated rings. The molecular weight excluding hydrogens is 526 g/mol. The predicted octanol–water partition coefficient (Wildman–Crippen LogP) is 4.86. The minimum absolute atomic E-state index is 0.00579. The lowest BCUT2D eigenvalue weighted by Gasteiger charge is -2.34. The molecule has 8 nitrogen and oxygen atoms in total. The molecule has 3 N–H and O–H groups in total. The molecule has 2 saturated carbocycles. The predicted molar refractivity (Wildman–Crippen MR) is 162 cm³/mol. The largest absolute Gasteiger partial charge is 0.353 e. The summed E-state index contributed by atoms with van der Waals surface area (Å²) in [4.78, 5) is 40.6. The van der Waals surface area contributed by atoms with Crippen LogP contribution in [0.15, 0.2) is 60.8 Å². The Morgan fingerprint density at radius 3 is 2.33 bits per heavy atom. The topological polar surface area (TPSA) is 105 Å². The molecule has 1 unspecified atom stereocenters. The van der Waals surface area contributed by atoms with Crippen LogP contribution in [0, 0.1) is 11.3 Å². The van der Waals surface area contributed by atoms with Crippen LogP contribution in [0.4, 0.5) is 5.69 Å². The molecule has 8 heteroatoms. The minimum atomic E-state index is -0.756. The van der Waals surface area contributed by atoms with Crippen LogP contribution in [0.3, 0.4) is 0 Å². The maximum Gasteiger partial charge on any atom is 0.270 e. The fraction of sp³-hybridized carbons (Fsp3) is 0.471. The Morgan fingerprint density at radius 2 is 1.71 bits per heavy atom. The van der Waals surface area contributed by atoms with Gasteiger partial charge in [0.25, 0.3) is 5.91 Å². The van der Waals surface area contributed by atoms with E-state index in [1.807, 2.05) is 50.2 Å². The lowest BCUT2D eigenvalue weighted by Crippen LogP contribution is -2.49. The average molecular weight is 568 g/mol. The van der Waals surface area contributed by atoms with Gasteiger partial charge in [-0.2, -0.15) is 5.10 Å². The van der Waals surface area contributed by atoms with Gasteiger partial charge in [-0.3, -0.25) is 19.1 Å². The van der Waals surface area contributed by atoms with Gasteiger partial charge in [0, 0.05) is 30.9 Å².